The van der Waals surface area contributed by atoms with Crippen LogP contribution in [-0.4, -0.2) is 57.3 Å². The van der Waals surface area contributed by atoms with Crippen molar-refractivity contribution < 1.29 is 28.8 Å². The third-order valence-corrected chi connectivity index (χ3v) is 2.83. The van der Waals surface area contributed by atoms with Gasteiger partial charge in [0, 0.05) is 6.61 Å². The zero-order valence-electron chi connectivity index (χ0n) is 12.7. The molecule has 0 aliphatic heterocycles. The van der Waals surface area contributed by atoms with Crippen LogP contribution >= 0.6 is 0 Å². The van der Waals surface area contributed by atoms with Gasteiger partial charge in [0.15, 0.2) is 0 Å². The van der Waals surface area contributed by atoms with Gasteiger partial charge in [-0.05, 0) is 25.0 Å². The van der Waals surface area contributed by atoms with Crippen LogP contribution in [0.1, 0.15) is 12.8 Å². The molecular weight excluding hydrogens is 288 g/mol. The Morgan fingerprint density at radius 2 is 1.82 bits per heavy atom. The van der Waals surface area contributed by atoms with Crippen molar-refractivity contribution >= 4 is 6.47 Å². The molecule has 6 nitrogen and oxygen atoms in total. The van der Waals surface area contributed by atoms with E-state index in [-0.39, 0.29) is 19.8 Å². The topological polar surface area (TPSA) is 74.2 Å². The van der Waals surface area contributed by atoms with Crippen molar-refractivity contribution in [2.75, 3.05) is 39.6 Å². The van der Waals surface area contributed by atoms with Crippen LogP contribution in [0.15, 0.2) is 30.3 Å². The molecule has 1 aromatic carbocycles. The first-order chi connectivity index (χ1) is 10.9. The molecule has 0 spiro atoms. The Balaban J connectivity index is 1.93. The standard InChI is InChI=1S/C16H24O6/c17-12-16(22-11-10-20-14-18)13-19-8-4-5-9-21-15-6-2-1-3-7-15/h1-3,6-7,14,16-17H,4-5,8-13H2. The molecule has 124 valence electrons. The highest BCUT2D eigenvalue weighted by molar-refractivity contribution is 5.36. The second-order valence-electron chi connectivity index (χ2n) is 4.59. The fraction of sp³-hybridized carbons (Fsp3) is 0.562. The van der Waals surface area contributed by atoms with E-state index in [9.17, 15) is 4.79 Å². The second-order valence-corrected chi connectivity index (χ2v) is 4.59. The SMILES string of the molecule is O=COCCOC(CO)COCCCCOc1ccccc1. The van der Waals surface area contributed by atoms with Gasteiger partial charge in [-0.1, -0.05) is 18.2 Å². The number of carbonyl (C=O) groups excluding carboxylic acids is 1. The van der Waals surface area contributed by atoms with Crippen molar-refractivity contribution in [3.63, 3.8) is 0 Å². The van der Waals surface area contributed by atoms with E-state index in [4.69, 9.17) is 19.3 Å². The van der Waals surface area contributed by atoms with Crippen LogP contribution in [0.5, 0.6) is 5.75 Å². The molecule has 0 heterocycles. The molecule has 0 saturated heterocycles. The molecule has 6 heteroatoms. The highest BCUT2D eigenvalue weighted by atomic mass is 16.6. The minimum Gasteiger partial charge on any atom is -0.494 e. The number of hydrogen-bond donors (Lipinski definition) is 1. The zero-order valence-corrected chi connectivity index (χ0v) is 12.7. The Kier molecular flexibility index (Phi) is 10.9. The van der Waals surface area contributed by atoms with Crippen LogP contribution < -0.4 is 4.74 Å². The summed E-state index contributed by atoms with van der Waals surface area (Å²) in [5.74, 6) is 0.870. The fourth-order valence-electron chi connectivity index (χ4n) is 1.69. The molecule has 22 heavy (non-hydrogen) atoms. The van der Waals surface area contributed by atoms with Crippen molar-refractivity contribution in [2.45, 2.75) is 18.9 Å². The summed E-state index contributed by atoms with van der Waals surface area (Å²) < 4.78 is 20.8. The van der Waals surface area contributed by atoms with Gasteiger partial charge in [-0.2, -0.15) is 0 Å². The highest BCUT2D eigenvalue weighted by Gasteiger charge is 2.07. The van der Waals surface area contributed by atoms with Crippen molar-refractivity contribution in [3.8, 4) is 5.75 Å². The maximum absolute atomic E-state index is 9.94. The lowest BCUT2D eigenvalue weighted by molar-refractivity contribution is -0.131. The Bertz CT molecular complexity index is 370. The van der Waals surface area contributed by atoms with Gasteiger partial charge in [-0.25, -0.2) is 0 Å². The van der Waals surface area contributed by atoms with E-state index >= 15 is 0 Å². The maximum Gasteiger partial charge on any atom is 0.293 e. The molecule has 1 atom stereocenters. The molecule has 0 bridgehead atoms. The minimum atomic E-state index is -0.393. The lowest BCUT2D eigenvalue weighted by Gasteiger charge is -2.15. The molecule has 0 aliphatic carbocycles. The van der Waals surface area contributed by atoms with E-state index < -0.39 is 6.10 Å². The first-order valence-electron chi connectivity index (χ1n) is 7.40. The lowest BCUT2D eigenvalue weighted by Crippen LogP contribution is -2.26. The van der Waals surface area contributed by atoms with E-state index in [1.165, 1.54) is 0 Å². The third kappa shape index (κ3) is 9.33. The van der Waals surface area contributed by atoms with Gasteiger partial charge in [0.2, 0.25) is 0 Å². The van der Waals surface area contributed by atoms with Crippen LogP contribution in [0, 0.1) is 0 Å². The molecule has 1 unspecified atom stereocenters. The number of ether oxygens (including phenoxy) is 4. The normalized spacial score (nSPS) is 11.9. The predicted molar refractivity (Wildman–Crippen MR) is 80.8 cm³/mol. The van der Waals surface area contributed by atoms with Gasteiger partial charge in [-0.15, -0.1) is 0 Å². The quantitative estimate of drug-likeness (QED) is 0.413. The molecule has 0 radical (unpaired) electrons. The van der Waals surface area contributed by atoms with E-state index in [0.717, 1.165) is 18.6 Å². The molecule has 0 saturated carbocycles. The zero-order chi connectivity index (χ0) is 15.9. The summed E-state index contributed by atoms with van der Waals surface area (Å²) in [5.41, 5.74) is 0. The van der Waals surface area contributed by atoms with Crippen molar-refractivity contribution in [1.82, 2.24) is 0 Å². The Hall–Kier alpha value is -1.63. The number of rotatable bonds is 14. The van der Waals surface area contributed by atoms with Crippen LogP contribution in [0.2, 0.25) is 0 Å². The second kappa shape index (κ2) is 13.1. The lowest BCUT2D eigenvalue weighted by atomic mass is 10.3. The first kappa shape index (κ1) is 18.4. The van der Waals surface area contributed by atoms with Gasteiger partial charge in [0.1, 0.15) is 18.5 Å². The number of carbonyl (C=O) groups is 1. The summed E-state index contributed by atoms with van der Waals surface area (Å²) in [4.78, 5) is 9.94. The largest absolute Gasteiger partial charge is 0.494 e. The van der Waals surface area contributed by atoms with E-state index in [1.54, 1.807) is 0 Å². The average molecular weight is 312 g/mol. The van der Waals surface area contributed by atoms with Gasteiger partial charge in [-0.3, -0.25) is 4.79 Å². The van der Waals surface area contributed by atoms with E-state index in [2.05, 4.69) is 4.74 Å². The smallest absolute Gasteiger partial charge is 0.293 e. The summed E-state index contributed by atoms with van der Waals surface area (Å²) in [6.07, 6.45) is 1.38. The molecule has 1 rings (SSSR count). The predicted octanol–water partition coefficient (Wildman–Crippen LogP) is 1.41. The van der Waals surface area contributed by atoms with Gasteiger partial charge < -0.3 is 24.1 Å². The fourth-order valence-corrected chi connectivity index (χ4v) is 1.69. The number of para-hydroxylation sites is 1. The molecule has 0 aliphatic rings. The Labute approximate surface area is 130 Å². The number of aliphatic hydroxyl groups excluding tert-OH is 1. The van der Waals surface area contributed by atoms with Gasteiger partial charge >= 0.3 is 0 Å². The number of aliphatic hydroxyl groups is 1. The van der Waals surface area contributed by atoms with Crippen molar-refractivity contribution in [1.29, 1.82) is 0 Å². The van der Waals surface area contributed by atoms with Crippen LogP contribution in [0.3, 0.4) is 0 Å². The molecule has 1 aromatic rings. The van der Waals surface area contributed by atoms with Crippen molar-refractivity contribution in [3.05, 3.63) is 30.3 Å². The molecule has 1 N–H and O–H groups in total. The van der Waals surface area contributed by atoms with Crippen LogP contribution in [0.4, 0.5) is 0 Å². The number of hydrogen-bond acceptors (Lipinski definition) is 6. The van der Waals surface area contributed by atoms with Gasteiger partial charge in [0.25, 0.3) is 6.47 Å². The van der Waals surface area contributed by atoms with Crippen LogP contribution in [0.25, 0.3) is 0 Å². The molecular formula is C16H24O6. The Morgan fingerprint density at radius 3 is 2.55 bits per heavy atom. The minimum absolute atomic E-state index is 0.127. The molecule has 0 amide bonds. The Morgan fingerprint density at radius 1 is 1.05 bits per heavy atom. The summed E-state index contributed by atoms with van der Waals surface area (Å²) in [7, 11) is 0. The summed E-state index contributed by atoms with van der Waals surface area (Å²) >= 11 is 0. The number of benzene rings is 1. The summed E-state index contributed by atoms with van der Waals surface area (Å²) in [6.45, 7) is 2.22. The average Bonchev–Trinajstić information content (AvgIpc) is 2.56. The van der Waals surface area contributed by atoms with Crippen LogP contribution in [-0.2, 0) is 19.0 Å². The highest BCUT2D eigenvalue weighted by Crippen LogP contribution is 2.08. The third-order valence-electron chi connectivity index (χ3n) is 2.83. The van der Waals surface area contributed by atoms with Gasteiger partial charge in [0.05, 0.1) is 26.4 Å². The maximum atomic E-state index is 9.94. The monoisotopic (exact) mass is 312 g/mol. The van der Waals surface area contributed by atoms with E-state index in [0.29, 0.717) is 26.3 Å². The summed E-state index contributed by atoms with van der Waals surface area (Å²) in [5, 5.41) is 9.11. The van der Waals surface area contributed by atoms with Crippen molar-refractivity contribution in [2.24, 2.45) is 0 Å². The molecule has 0 aromatic heterocycles. The first-order valence-corrected chi connectivity index (χ1v) is 7.40. The summed E-state index contributed by atoms with van der Waals surface area (Å²) in [6, 6.07) is 9.68. The number of unbranched alkanes of at least 4 members (excludes halogenated alkanes) is 1. The molecule has 0 fully saturated rings. The van der Waals surface area contributed by atoms with E-state index in [1.807, 2.05) is 30.3 Å².